The van der Waals surface area contributed by atoms with E-state index in [1.165, 1.54) is 22.2 Å². The third-order valence-electron chi connectivity index (χ3n) is 5.25. The summed E-state index contributed by atoms with van der Waals surface area (Å²) in [6, 6.07) is 12.1. The van der Waals surface area contributed by atoms with Gasteiger partial charge in [0.1, 0.15) is 16.6 Å². The van der Waals surface area contributed by atoms with Crippen LogP contribution in [-0.2, 0) is 4.79 Å². The van der Waals surface area contributed by atoms with Crippen molar-refractivity contribution >= 4 is 44.7 Å². The van der Waals surface area contributed by atoms with E-state index in [9.17, 15) is 9.59 Å². The number of aromatic nitrogens is 2. The van der Waals surface area contributed by atoms with E-state index in [1.807, 2.05) is 49.6 Å². The molecule has 4 aromatic rings. The summed E-state index contributed by atoms with van der Waals surface area (Å²) >= 11 is 7.46. The minimum atomic E-state index is -0.758. The average molecular weight is 468 g/mol. The van der Waals surface area contributed by atoms with Gasteiger partial charge in [0.2, 0.25) is 5.91 Å². The summed E-state index contributed by atoms with van der Waals surface area (Å²) in [5, 5.41) is 5.80. The van der Waals surface area contributed by atoms with Crippen LogP contribution in [0.15, 0.2) is 59.0 Å². The van der Waals surface area contributed by atoms with Crippen molar-refractivity contribution in [1.29, 1.82) is 0 Å². The highest BCUT2D eigenvalue weighted by atomic mass is 35.5. The minimum Gasteiger partial charge on any atom is -0.494 e. The molecule has 2 heterocycles. The molecule has 2 aromatic carbocycles. The van der Waals surface area contributed by atoms with Gasteiger partial charge in [-0.15, -0.1) is 11.3 Å². The molecule has 0 aliphatic heterocycles. The molecule has 4 rings (SSSR count). The molecule has 6 nitrogen and oxygen atoms in total. The van der Waals surface area contributed by atoms with Crippen molar-refractivity contribution in [1.82, 2.24) is 9.55 Å². The predicted molar refractivity (Wildman–Crippen MR) is 130 cm³/mol. The number of nitrogens with one attached hydrogen (secondary N) is 1. The van der Waals surface area contributed by atoms with Crippen LogP contribution in [0.25, 0.3) is 21.3 Å². The number of fused-ring (bicyclic) bond motifs is 1. The molecule has 0 radical (unpaired) electrons. The van der Waals surface area contributed by atoms with Gasteiger partial charge in [0.25, 0.3) is 5.56 Å². The van der Waals surface area contributed by atoms with Crippen LogP contribution in [0, 0.1) is 6.92 Å². The van der Waals surface area contributed by atoms with Gasteiger partial charge in [0.05, 0.1) is 18.3 Å². The first kappa shape index (κ1) is 22.0. The Hall–Kier alpha value is -3.16. The number of hydrogen-bond donors (Lipinski definition) is 1. The largest absolute Gasteiger partial charge is 0.494 e. The number of thiophene rings is 1. The summed E-state index contributed by atoms with van der Waals surface area (Å²) in [7, 11) is 0. The monoisotopic (exact) mass is 467 g/mol. The fourth-order valence-corrected chi connectivity index (χ4v) is 4.50. The lowest BCUT2D eigenvalue weighted by molar-refractivity contribution is -0.118. The van der Waals surface area contributed by atoms with Crippen molar-refractivity contribution in [2.24, 2.45) is 0 Å². The highest BCUT2D eigenvalue weighted by molar-refractivity contribution is 7.17. The fourth-order valence-electron chi connectivity index (χ4n) is 3.42. The molecule has 0 aliphatic rings. The molecule has 1 N–H and O–H groups in total. The highest BCUT2D eigenvalue weighted by Crippen LogP contribution is 2.32. The van der Waals surface area contributed by atoms with Crippen LogP contribution in [-0.4, -0.2) is 22.1 Å². The minimum absolute atomic E-state index is 0.259. The number of ether oxygens (including phenoxy) is 1. The van der Waals surface area contributed by atoms with Crippen molar-refractivity contribution in [2.45, 2.75) is 26.8 Å². The molecule has 0 bridgehead atoms. The van der Waals surface area contributed by atoms with Crippen LogP contribution in [0.2, 0.25) is 5.02 Å². The van der Waals surface area contributed by atoms with Crippen LogP contribution in [0.4, 0.5) is 5.69 Å². The molecule has 32 heavy (non-hydrogen) atoms. The van der Waals surface area contributed by atoms with E-state index >= 15 is 0 Å². The predicted octanol–water partition coefficient (Wildman–Crippen LogP) is 5.69. The van der Waals surface area contributed by atoms with E-state index in [0.29, 0.717) is 27.5 Å². The van der Waals surface area contributed by atoms with E-state index < -0.39 is 6.04 Å². The standard InChI is InChI=1S/C24H22ClN3O3S/c1-4-31-18-9-6-16(7-10-18)19-12-32-23-21(19)24(30)28(13-26-23)15(3)22(29)27-20-11-17(25)8-5-14(20)2/h5-13,15H,4H2,1-3H3,(H,27,29). The van der Waals surface area contributed by atoms with E-state index in [1.54, 1.807) is 19.1 Å². The van der Waals surface area contributed by atoms with Gasteiger partial charge in [0.15, 0.2) is 0 Å². The van der Waals surface area contributed by atoms with E-state index in [2.05, 4.69) is 10.3 Å². The number of rotatable bonds is 6. The van der Waals surface area contributed by atoms with Crippen molar-refractivity contribution in [3.63, 3.8) is 0 Å². The Morgan fingerprint density at radius 3 is 2.72 bits per heavy atom. The van der Waals surface area contributed by atoms with Crippen LogP contribution in [0.3, 0.4) is 0 Å². The number of nitrogens with zero attached hydrogens (tertiary/aromatic N) is 2. The summed E-state index contributed by atoms with van der Waals surface area (Å²) in [5.74, 6) is 0.449. The molecule has 8 heteroatoms. The SMILES string of the molecule is CCOc1ccc(-c2csc3ncn(C(C)C(=O)Nc4cc(Cl)ccc4C)c(=O)c23)cc1. The molecule has 2 aromatic heterocycles. The number of carbonyl (C=O) groups is 1. The summed E-state index contributed by atoms with van der Waals surface area (Å²) in [6.07, 6.45) is 1.43. The number of anilines is 1. The Bertz CT molecular complexity index is 1350. The Morgan fingerprint density at radius 1 is 1.25 bits per heavy atom. The van der Waals surface area contributed by atoms with Gasteiger partial charge in [-0.25, -0.2) is 4.98 Å². The zero-order valence-corrected chi connectivity index (χ0v) is 19.5. The highest BCUT2D eigenvalue weighted by Gasteiger charge is 2.21. The lowest BCUT2D eigenvalue weighted by Gasteiger charge is -2.16. The normalized spacial score (nSPS) is 12.0. The van der Waals surface area contributed by atoms with Crippen LogP contribution in [0.1, 0.15) is 25.5 Å². The Kier molecular flexibility index (Phi) is 6.30. The van der Waals surface area contributed by atoms with Crippen molar-refractivity contribution < 1.29 is 9.53 Å². The van der Waals surface area contributed by atoms with Crippen LogP contribution >= 0.6 is 22.9 Å². The van der Waals surface area contributed by atoms with Crippen LogP contribution < -0.4 is 15.6 Å². The molecule has 1 unspecified atom stereocenters. The van der Waals surface area contributed by atoms with Gasteiger partial charge in [-0.2, -0.15) is 0 Å². The second-order valence-electron chi connectivity index (χ2n) is 7.37. The topological polar surface area (TPSA) is 73.2 Å². The molecule has 0 saturated carbocycles. The molecular formula is C24H22ClN3O3S. The molecule has 0 spiro atoms. The maximum Gasteiger partial charge on any atom is 0.263 e. The average Bonchev–Trinajstić information content (AvgIpc) is 3.22. The fraction of sp³-hybridized carbons (Fsp3) is 0.208. The quantitative estimate of drug-likeness (QED) is 0.395. The summed E-state index contributed by atoms with van der Waals surface area (Å²) < 4.78 is 6.87. The van der Waals surface area contributed by atoms with E-state index in [-0.39, 0.29) is 11.5 Å². The number of halogens is 1. The first-order chi connectivity index (χ1) is 15.4. The van der Waals surface area contributed by atoms with Gasteiger partial charge in [-0.1, -0.05) is 29.8 Å². The lowest BCUT2D eigenvalue weighted by atomic mass is 10.1. The Labute approximate surface area is 194 Å². The molecular weight excluding hydrogens is 446 g/mol. The van der Waals surface area contributed by atoms with Gasteiger partial charge in [-0.3, -0.25) is 14.2 Å². The summed E-state index contributed by atoms with van der Waals surface area (Å²) in [6.45, 7) is 6.07. The molecule has 1 atom stereocenters. The number of benzene rings is 2. The number of carbonyl (C=O) groups excluding carboxylic acids is 1. The van der Waals surface area contributed by atoms with Crippen LogP contribution in [0.5, 0.6) is 5.75 Å². The molecule has 164 valence electrons. The Balaban J connectivity index is 1.68. The number of amides is 1. The van der Waals surface area contributed by atoms with Gasteiger partial charge in [0, 0.05) is 21.7 Å². The molecule has 0 aliphatic carbocycles. The Morgan fingerprint density at radius 2 is 2.00 bits per heavy atom. The molecule has 0 saturated heterocycles. The smallest absolute Gasteiger partial charge is 0.263 e. The molecule has 1 amide bonds. The number of hydrogen-bond acceptors (Lipinski definition) is 5. The molecule has 0 fully saturated rings. The van der Waals surface area contributed by atoms with Crippen molar-refractivity contribution in [3.8, 4) is 16.9 Å². The second kappa shape index (κ2) is 9.14. The second-order valence-corrected chi connectivity index (χ2v) is 8.66. The maximum absolute atomic E-state index is 13.4. The van der Waals surface area contributed by atoms with Crippen molar-refractivity contribution in [2.75, 3.05) is 11.9 Å². The van der Waals surface area contributed by atoms with E-state index in [4.69, 9.17) is 16.3 Å². The third kappa shape index (κ3) is 4.26. The van der Waals surface area contributed by atoms with E-state index in [0.717, 1.165) is 22.4 Å². The maximum atomic E-state index is 13.4. The van der Waals surface area contributed by atoms with Crippen molar-refractivity contribution in [3.05, 3.63) is 75.1 Å². The summed E-state index contributed by atoms with van der Waals surface area (Å²) in [4.78, 5) is 31.3. The van der Waals surface area contributed by atoms with Gasteiger partial charge in [-0.05, 0) is 56.2 Å². The third-order valence-corrected chi connectivity index (χ3v) is 6.37. The van der Waals surface area contributed by atoms with Gasteiger partial charge >= 0.3 is 0 Å². The first-order valence-electron chi connectivity index (χ1n) is 10.2. The summed E-state index contributed by atoms with van der Waals surface area (Å²) in [5.41, 5.74) is 2.92. The number of aryl methyl sites for hydroxylation is 1. The first-order valence-corrected chi connectivity index (χ1v) is 11.4. The zero-order valence-electron chi connectivity index (χ0n) is 17.9. The zero-order chi connectivity index (χ0) is 22.8. The lowest BCUT2D eigenvalue weighted by Crippen LogP contribution is -2.31. The van der Waals surface area contributed by atoms with Gasteiger partial charge < -0.3 is 10.1 Å².